The van der Waals surface area contributed by atoms with Crippen molar-refractivity contribution in [3.05, 3.63) is 95.3 Å². The quantitative estimate of drug-likeness (QED) is 0.605. The molecule has 2 aliphatic rings. The van der Waals surface area contributed by atoms with Gasteiger partial charge in [0.2, 0.25) is 10.8 Å². The second-order valence-electron chi connectivity index (χ2n) is 7.46. The average Bonchev–Trinajstić information content (AvgIpc) is 3.18. The smallest absolute Gasteiger partial charge is 0.271 e. The number of carbonyl (C=O) groups excluding carboxylic acids is 2. The number of rotatable bonds is 3. The molecule has 1 saturated heterocycles. The van der Waals surface area contributed by atoms with Crippen molar-refractivity contribution in [1.29, 1.82) is 0 Å². The molecule has 0 aliphatic carbocycles. The molecular formula is C23H15F3N2O3S. The first-order valence-corrected chi connectivity index (χ1v) is 11.0. The number of para-hydroxylation sites is 1. The van der Waals surface area contributed by atoms with Crippen molar-refractivity contribution in [1.82, 2.24) is 0 Å². The van der Waals surface area contributed by atoms with Crippen LogP contribution in [0.5, 0.6) is 0 Å². The van der Waals surface area contributed by atoms with Gasteiger partial charge in [-0.3, -0.25) is 18.7 Å². The zero-order chi connectivity index (χ0) is 22.6. The predicted octanol–water partition coefficient (Wildman–Crippen LogP) is 3.60. The van der Waals surface area contributed by atoms with Gasteiger partial charge in [0.1, 0.15) is 11.6 Å². The number of amides is 2. The number of carbonyl (C=O) groups is 2. The van der Waals surface area contributed by atoms with Crippen molar-refractivity contribution < 1.29 is 27.0 Å². The molecule has 0 radical (unpaired) electrons. The van der Waals surface area contributed by atoms with Crippen LogP contribution in [-0.2, 0) is 31.8 Å². The lowest BCUT2D eigenvalue weighted by Gasteiger charge is -2.32. The van der Waals surface area contributed by atoms with Crippen LogP contribution >= 0.6 is 0 Å². The zero-order valence-electron chi connectivity index (χ0n) is 16.4. The van der Waals surface area contributed by atoms with E-state index in [1.165, 1.54) is 23.1 Å². The number of halogens is 3. The van der Waals surface area contributed by atoms with E-state index in [2.05, 4.69) is 0 Å². The van der Waals surface area contributed by atoms with Gasteiger partial charge in [-0.2, -0.15) is 0 Å². The second-order valence-corrected chi connectivity index (χ2v) is 9.03. The molecule has 3 aromatic carbocycles. The predicted molar refractivity (Wildman–Crippen MR) is 113 cm³/mol. The minimum Gasteiger partial charge on any atom is -0.304 e. The summed E-state index contributed by atoms with van der Waals surface area (Å²) in [4.78, 5) is 27.0. The molecule has 32 heavy (non-hydrogen) atoms. The SMILES string of the molecule is O=C1CS(=O)C2(C(=O)N(Cc3ccccc3F)c3ccccc32)N1c1ccc(F)c(F)c1. The maximum absolute atomic E-state index is 14.3. The Morgan fingerprint density at radius 1 is 0.875 bits per heavy atom. The minimum absolute atomic E-state index is 0.0874. The summed E-state index contributed by atoms with van der Waals surface area (Å²) in [5.41, 5.74) is 0.810. The Hall–Kier alpha value is -3.46. The summed E-state index contributed by atoms with van der Waals surface area (Å²) in [6.45, 7) is -0.152. The zero-order valence-corrected chi connectivity index (χ0v) is 17.2. The van der Waals surface area contributed by atoms with E-state index in [-0.39, 0.29) is 23.4 Å². The number of hydrogen-bond acceptors (Lipinski definition) is 3. The highest BCUT2D eigenvalue weighted by atomic mass is 32.2. The standard InChI is InChI=1S/C23H15F3N2O3S/c24-17-7-3-1-5-14(17)12-27-20-8-4-2-6-16(20)23(22(27)30)28(21(29)13-32(23)31)15-9-10-18(25)19(26)11-15/h1-11H,12-13H2. The van der Waals surface area contributed by atoms with E-state index in [4.69, 9.17) is 0 Å². The molecule has 9 heteroatoms. The van der Waals surface area contributed by atoms with Gasteiger partial charge >= 0.3 is 0 Å². The number of hydrogen-bond donors (Lipinski definition) is 0. The van der Waals surface area contributed by atoms with Gasteiger partial charge in [-0.25, -0.2) is 13.2 Å². The molecule has 2 amide bonds. The maximum Gasteiger partial charge on any atom is 0.271 e. The molecule has 5 rings (SSSR count). The lowest BCUT2D eigenvalue weighted by molar-refractivity contribution is -0.123. The number of benzene rings is 3. The van der Waals surface area contributed by atoms with Crippen LogP contribution in [-0.4, -0.2) is 21.8 Å². The highest BCUT2D eigenvalue weighted by Crippen LogP contribution is 2.51. The Labute approximate surface area is 183 Å². The summed E-state index contributed by atoms with van der Waals surface area (Å²) < 4.78 is 55.2. The van der Waals surface area contributed by atoms with Gasteiger partial charge in [0.15, 0.2) is 11.6 Å². The largest absolute Gasteiger partial charge is 0.304 e. The Morgan fingerprint density at radius 3 is 2.34 bits per heavy atom. The summed E-state index contributed by atoms with van der Waals surface area (Å²) in [6.07, 6.45) is 0. The van der Waals surface area contributed by atoms with Crippen LogP contribution in [0.1, 0.15) is 11.1 Å². The molecule has 0 bridgehead atoms. The van der Waals surface area contributed by atoms with E-state index in [0.717, 1.165) is 23.1 Å². The first-order valence-electron chi connectivity index (χ1n) is 9.67. The summed E-state index contributed by atoms with van der Waals surface area (Å²) in [5.74, 6) is -4.66. The van der Waals surface area contributed by atoms with Crippen molar-refractivity contribution in [2.24, 2.45) is 0 Å². The molecule has 1 fully saturated rings. The molecule has 2 heterocycles. The van der Waals surface area contributed by atoms with Gasteiger partial charge in [-0.1, -0.05) is 36.4 Å². The maximum atomic E-state index is 14.3. The molecule has 3 aromatic rings. The molecule has 0 aromatic heterocycles. The van der Waals surface area contributed by atoms with E-state index < -0.39 is 50.7 Å². The molecule has 0 N–H and O–H groups in total. The molecule has 2 atom stereocenters. The average molecular weight is 456 g/mol. The third-order valence-electron chi connectivity index (χ3n) is 5.69. The Morgan fingerprint density at radius 2 is 1.59 bits per heavy atom. The normalized spacial score (nSPS) is 22.2. The van der Waals surface area contributed by atoms with E-state index in [1.54, 1.807) is 30.3 Å². The molecule has 2 unspecified atom stereocenters. The van der Waals surface area contributed by atoms with Crippen LogP contribution in [0.2, 0.25) is 0 Å². The summed E-state index contributed by atoms with van der Waals surface area (Å²) >= 11 is 0. The Bertz CT molecular complexity index is 1320. The van der Waals surface area contributed by atoms with Gasteiger partial charge in [-0.05, 0) is 24.3 Å². The van der Waals surface area contributed by atoms with E-state index in [9.17, 15) is 27.0 Å². The van der Waals surface area contributed by atoms with Gasteiger partial charge in [0.25, 0.3) is 5.91 Å². The van der Waals surface area contributed by atoms with Crippen LogP contribution in [0, 0.1) is 17.5 Å². The van der Waals surface area contributed by atoms with Gasteiger partial charge in [0, 0.05) is 22.9 Å². The van der Waals surface area contributed by atoms with E-state index >= 15 is 0 Å². The number of fused-ring (bicyclic) bond motifs is 2. The molecule has 0 saturated carbocycles. The molecule has 162 valence electrons. The third-order valence-corrected chi connectivity index (χ3v) is 7.44. The van der Waals surface area contributed by atoms with Crippen molar-refractivity contribution in [3.8, 4) is 0 Å². The van der Waals surface area contributed by atoms with E-state index in [1.807, 2.05) is 0 Å². The fraction of sp³-hybridized carbons (Fsp3) is 0.130. The van der Waals surface area contributed by atoms with Crippen molar-refractivity contribution >= 4 is 34.0 Å². The van der Waals surface area contributed by atoms with Crippen molar-refractivity contribution in [2.45, 2.75) is 11.4 Å². The van der Waals surface area contributed by atoms with Crippen molar-refractivity contribution in [2.75, 3.05) is 15.6 Å². The lowest BCUT2D eigenvalue weighted by atomic mass is 10.0. The highest BCUT2D eigenvalue weighted by Gasteiger charge is 2.65. The summed E-state index contributed by atoms with van der Waals surface area (Å²) in [5, 5.41) is 0. The molecule has 1 spiro atoms. The van der Waals surface area contributed by atoms with Gasteiger partial charge in [0.05, 0.1) is 23.0 Å². The van der Waals surface area contributed by atoms with Crippen LogP contribution in [0.3, 0.4) is 0 Å². The fourth-order valence-corrected chi connectivity index (χ4v) is 6.00. The van der Waals surface area contributed by atoms with Crippen molar-refractivity contribution in [3.63, 3.8) is 0 Å². The molecular weight excluding hydrogens is 441 g/mol. The Balaban J connectivity index is 1.70. The fourth-order valence-electron chi connectivity index (χ4n) is 4.30. The van der Waals surface area contributed by atoms with Crippen LogP contribution in [0.25, 0.3) is 0 Å². The minimum atomic E-state index is -2.03. The third kappa shape index (κ3) is 2.74. The second kappa shape index (κ2) is 7.30. The van der Waals surface area contributed by atoms with Crippen LogP contribution in [0.4, 0.5) is 24.5 Å². The molecule has 2 aliphatic heterocycles. The highest BCUT2D eigenvalue weighted by molar-refractivity contribution is 7.88. The van der Waals surface area contributed by atoms with Crippen LogP contribution < -0.4 is 9.80 Å². The monoisotopic (exact) mass is 456 g/mol. The Kier molecular flexibility index (Phi) is 4.67. The summed E-state index contributed by atoms with van der Waals surface area (Å²) in [6, 6.07) is 15.2. The van der Waals surface area contributed by atoms with Gasteiger partial charge < -0.3 is 4.90 Å². The van der Waals surface area contributed by atoms with Crippen LogP contribution in [0.15, 0.2) is 66.7 Å². The summed E-state index contributed by atoms with van der Waals surface area (Å²) in [7, 11) is -2.03. The van der Waals surface area contributed by atoms with Gasteiger partial charge in [-0.15, -0.1) is 0 Å². The topological polar surface area (TPSA) is 57.7 Å². The number of anilines is 2. The first kappa shape index (κ1) is 20.4. The van der Waals surface area contributed by atoms with E-state index in [0.29, 0.717) is 5.69 Å². The number of nitrogens with zero attached hydrogens (tertiary/aromatic N) is 2. The lowest BCUT2D eigenvalue weighted by Crippen LogP contribution is -2.52. The molecule has 5 nitrogen and oxygen atoms in total. The first-order chi connectivity index (χ1) is 15.4.